The minimum atomic E-state index is -1.07. The monoisotopic (exact) mass is 303 g/mol. The number of aromatic carboxylic acids is 1. The van der Waals surface area contributed by atoms with E-state index >= 15 is 0 Å². The third kappa shape index (κ3) is 3.87. The fourth-order valence-electron chi connectivity index (χ4n) is 3.23. The predicted octanol–water partition coefficient (Wildman–Crippen LogP) is 3.72. The maximum atomic E-state index is 12.3. The lowest BCUT2D eigenvalue weighted by Crippen LogP contribution is -2.40. The van der Waals surface area contributed by atoms with Crippen molar-refractivity contribution in [1.29, 1.82) is 0 Å². The Bertz CT molecular complexity index is 552. The first kappa shape index (κ1) is 16.5. The molecule has 120 valence electrons. The van der Waals surface area contributed by atoms with E-state index in [1.54, 1.807) is 18.2 Å². The largest absolute Gasteiger partial charge is 0.478 e. The van der Waals surface area contributed by atoms with Crippen molar-refractivity contribution in [3.8, 4) is 0 Å². The maximum absolute atomic E-state index is 12.3. The summed E-state index contributed by atoms with van der Waals surface area (Å²) in [6.45, 7) is 6.79. The van der Waals surface area contributed by atoms with Crippen molar-refractivity contribution in [2.75, 3.05) is 0 Å². The number of hydrogen-bond donors (Lipinski definition) is 2. The number of nitrogens with one attached hydrogen (secondary N) is 1. The molecule has 0 radical (unpaired) electrons. The first-order chi connectivity index (χ1) is 10.3. The van der Waals surface area contributed by atoms with E-state index in [1.807, 2.05) is 0 Å². The second-order valence-corrected chi connectivity index (χ2v) is 7.24. The second-order valence-electron chi connectivity index (χ2n) is 7.24. The van der Waals surface area contributed by atoms with Crippen molar-refractivity contribution in [2.24, 2.45) is 11.3 Å². The van der Waals surface area contributed by atoms with Crippen LogP contribution in [0.3, 0.4) is 0 Å². The predicted molar refractivity (Wildman–Crippen MR) is 86.1 cm³/mol. The first-order valence-corrected chi connectivity index (χ1v) is 7.92. The molecule has 0 aliphatic heterocycles. The van der Waals surface area contributed by atoms with Gasteiger partial charge in [-0.15, -0.1) is 0 Å². The van der Waals surface area contributed by atoms with Gasteiger partial charge < -0.3 is 10.4 Å². The maximum Gasteiger partial charge on any atom is 0.336 e. The molecule has 4 nitrogen and oxygen atoms in total. The lowest BCUT2D eigenvalue weighted by molar-refractivity contribution is 0.0689. The summed E-state index contributed by atoms with van der Waals surface area (Å²) in [5.74, 6) is -0.661. The van der Waals surface area contributed by atoms with E-state index in [4.69, 9.17) is 5.11 Å². The summed E-state index contributed by atoms with van der Waals surface area (Å²) in [6, 6.07) is 6.51. The standard InChI is InChI=1S/C18H25NO3/c1-18(2,3)12-8-10-13(11-9-12)19-16(20)14-6-4-5-7-15(14)17(21)22/h4-7,12-13H,8-11H2,1-3H3,(H,19,20)(H,21,22). The van der Waals surface area contributed by atoms with Crippen molar-refractivity contribution in [3.63, 3.8) is 0 Å². The van der Waals surface area contributed by atoms with Crippen LogP contribution in [0.1, 0.15) is 67.2 Å². The molecule has 1 fully saturated rings. The number of benzene rings is 1. The topological polar surface area (TPSA) is 66.4 Å². The molecule has 1 aromatic carbocycles. The summed E-state index contributed by atoms with van der Waals surface area (Å²) in [4.78, 5) is 23.5. The molecule has 0 bridgehead atoms. The van der Waals surface area contributed by atoms with Crippen molar-refractivity contribution in [1.82, 2.24) is 5.32 Å². The minimum absolute atomic E-state index is 0.0587. The van der Waals surface area contributed by atoms with E-state index in [-0.39, 0.29) is 23.1 Å². The van der Waals surface area contributed by atoms with Gasteiger partial charge >= 0.3 is 5.97 Å². The molecule has 2 rings (SSSR count). The molecule has 1 aliphatic carbocycles. The molecule has 0 atom stereocenters. The zero-order valence-electron chi connectivity index (χ0n) is 13.6. The van der Waals surface area contributed by atoms with E-state index in [1.165, 1.54) is 6.07 Å². The van der Waals surface area contributed by atoms with Gasteiger partial charge in [0.2, 0.25) is 0 Å². The number of carbonyl (C=O) groups is 2. The Kier molecular flexibility index (Phi) is 4.89. The zero-order valence-corrected chi connectivity index (χ0v) is 13.6. The molecule has 22 heavy (non-hydrogen) atoms. The molecule has 1 aliphatic rings. The van der Waals surface area contributed by atoms with Gasteiger partial charge in [0.1, 0.15) is 0 Å². The van der Waals surface area contributed by atoms with Crippen LogP contribution in [-0.4, -0.2) is 23.0 Å². The highest BCUT2D eigenvalue weighted by Gasteiger charge is 2.30. The number of carboxylic acid groups (broad SMARTS) is 1. The van der Waals surface area contributed by atoms with E-state index in [0.29, 0.717) is 11.3 Å². The Morgan fingerprint density at radius 2 is 1.59 bits per heavy atom. The average molecular weight is 303 g/mol. The van der Waals surface area contributed by atoms with Crippen LogP contribution in [0.5, 0.6) is 0 Å². The molecular weight excluding hydrogens is 278 g/mol. The quantitative estimate of drug-likeness (QED) is 0.894. The van der Waals surface area contributed by atoms with Crippen LogP contribution < -0.4 is 5.32 Å². The number of carboxylic acids is 1. The highest BCUT2D eigenvalue weighted by Crippen LogP contribution is 2.37. The number of amides is 1. The van der Waals surface area contributed by atoms with Gasteiger partial charge in [-0.25, -0.2) is 4.79 Å². The van der Waals surface area contributed by atoms with Gasteiger partial charge in [0, 0.05) is 6.04 Å². The fraction of sp³-hybridized carbons (Fsp3) is 0.556. The minimum Gasteiger partial charge on any atom is -0.478 e. The molecule has 0 unspecified atom stereocenters. The molecular formula is C18H25NO3. The van der Waals surface area contributed by atoms with Crippen LogP contribution in [0.15, 0.2) is 24.3 Å². The van der Waals surface area contributed by atoms with Gasteiger partial charge in [-0.05, 0) is 49.1 Å². The molecule has 0 saturated heterocycles. The van der Waals surface area contributed by atoms with Gasteiger partial charge in [-0.2, -0.15) is 0 Å². The van der Waals surface area contributed by atoms with E-state index < -0.39 is 5.97 Å². The Morgan fingerprint density at radius 1 is 1.05 bits per heavy atom. The molecule has 0 aromatic heterocycles. The van der Waals surface area contributed by atoms with Crippen LogP contribution in [0.4, 0.5) is 0 Å². The highest BCUT2D eigenvalue weighted by atomic mass is 16.4. The molecule has 1 aromatic rings. The Balaban J connectivity index is 1.98. The summed E-state index contributed by atoms with van der Waals surface area (Å²) in [6.07, 6.45) is 4.13. The van der Waals surface area contributed by atoms with Gasteiger partial charge in [-0.1, -0.05) is 32.9 Å². The van der Waals surface area contributed by atoms with E-state index in [9.17, 15) is 9.59 Å². The Hall–Kier alpha value is -1.84. The molecule has 0 heterocycles. The Labute approximate surface area is 131 Å². The second kappa shape index (κ2) is 6.51. The fourth-order valence-corrected chi connectivity index (χ4v) is 3.23. The summed E-state index contributed by atoms with van der Waals surface area (Å²) < 4.78 is 0. The molecule has 2 N–H and O–H groups in total. The lowest BCUT2D eigenvalue weighted by Gasteiger charge is -2.37. The number of carbonyl (C=O) groups excluding carboxylic acids is 1. The van der Waals surface area contributed by atoms with Crippen LogP contribution in [0, 0.1) is 11.3 Å². The third-order valence-electron chi connectivity index (χ3n) is 4.69. The summed E-state index contributed by atoms with van der Waals surface area (Å²) in [7, 11) is 0. The van der Waals surface area contributed by atoms with E-state index in [2.05, 4.69) is 26.1 Å². The third-order valence-corrected chi connectivity index (χ3v) is 4.69. The molecule has 0 spiro atoms. The van der Waals surface area contributed by atoms with E-state index in [0.717, 1.165) is 25.7 Å². The van der Waals surface area contributed by atoms with Gasteiger partial charge in [0.05, 0.1) is 11.1 Å². The molecule has 1 amide bonds. The van der Waals surface area contributed by atoms with Crippen LogP contribution in [0.25, 0.3) is 0 Å². The smallest absolute Gasteiger partial charge is 0.336 e. The zero-order chi connectivity index (χ0) is 16.3. The average Bonchev–Trinajstić information content (AvgIpc) is 2.46. The SMILES string of the molecule is CC(C)(C)C1CCC(NC(=O)c2ccccc2C(=O)O)CC1. The summed E-state index contributed by atoms with van der Waals surface area (Å²) in [5.41, 5.74) is 0.613. The van der Waals surface area contributed by atoms with Gasteiger partial charge in [-0.3, -0.25) is 4.79 Å². The number of hydrogen-bond acceptors (Lipinski definition) is 2. The summed E-state index contributed by atoms with van der Waals surface area (Å²) >= 11 is 0. The van der Waals surface area contributed by atoms with Crippen LogP contribution in [-0.2, 0) is 0 Å². The lowest BCUT2D eigenvalue weighted by atomic mass is 9.71. The Morgan fingerprint density at radius 3 is 2.09 bits per heavy atom. The highest BCUT2D eigenvalue weighted by molar-refractivity contribution is 6.04. The van der Waals surface area contributed by atoms with Gasteiger partial charge in [0.15, 0.2) is 0 Å². The van der Waals surface area contributed by atoms with Crippen LogP contribution in [0.2, 0.25) is 0 Å². The molecule has 4 heteroatoms. The van der Waals surface area contributed by atoms with Crippen molar-refractivity contribution < 1.29 is 14.7 Å². The molecule has 1 saturated carbocycles. The van der Waals surface area contributed by atoms with Crippen LogP contribution >= 0.6 is 0 Å². The summed E-state index contributed by atoms with van der Waals surface area (Å²) in [5, 5.41) is 12.2. The number of rotatable bonds is 3. The van der Waals surface area contributed by atoms with Crippen molar-refractivity contribution in [3.05, 3.63) is 35.4 Å². The van der Waals surface area contributed by atoms with Crippen molar-refractivity contribution in [2.45, 2.75) is 52.5 Å². The normalized spacial score (nSPS) is 22.1. The first-order valence-electron chi connectivity index (χ1n) is 7.92. The van der Waals surface area contributed by atoms with Crippen molar-refractivity contribution >= 4 is 11.9 Å². The van der Waals surface area contributed by atoms with Gasteiger partial charge in [0.25, 0.3) is 5.91 Å².